The first kappa shape index (κ1) is 6.47. The minimum Gasteiger partial charge on any atom is -0.858 e. The van der Waals surface area contributed by atoms with Crippen molar-refractivity contribution in [2.24, 2.45) is 0 Å². The van der Waals surface area contributed by atoms with E-state index in [1.165, 1.54) is 12.4 Å². The maximum atomic E-state index is 10.4. The van der Waals surface area contributed by atoms with Gasteiger partial charge in [-0.1, -0.05) is 0 Å². The highest BCUT2D eigenvalue weighted by Crippen LogP contribution is 1.99. The molecule has 0 radical (unpaired) electrons. The number of hydrogen-bond acceptors (Lipinski definition) is 5. The summed E-state index contributed by atoms with van der Waals surface area (Å²) in [6, 6.07) is 0. The highest BCUT2D eigenvalue weighted by Gasteiger charge is 1.96. The van der Waals surface area contributed by atoms with Gasteiger partial charge in [-0.2, -0.15) is 0 Å². The van der Waals surface area contributed by atoms with Gasteiger partial charge in [0.05, 0.1) is 0 Å². The Morgan fingerprint density at radius 2 is 2.10 bits per heavy atom. The van der Waals surface area contributed by atoms with Gasteiger partial charge in [0.1, 0.15) is 11.5 Å². The number of nitrogens with one attached hydrogen (secondary N) is 1. The van der Waals surface area contributed by atoms with Crippen LogP contribution in [0.25, 0.3) is 0 Å². The van der Waals surface area contributed by atoms with Crippen LogP contribution in [0.2, 0.25) is 0 Å². The highest BCUT2D eigenvalue weighted by molar-refractivity contribution is 5.90. The molecule has 1 aromatic heterocycles. The molecule has 0 aliphatic rings. The van der Waals surface area contributed by atoms with Crippen LogP contribution in [0.1, 0.15) is 5.69 Å². The van der Waals surface area contributed by atoms with E-state index in [1.54, 1.807) is 0 Å². The Hall–Kier alpha value is -1.65. The molecule has 0 saturated heterocycles. The average molecular weight is 137 g/mol. The summed E-state index contributed by atoms with van der Waals surface area (Å²) in [5, 5.41) is 17.0. The summed E-state index contributed by atoms with van der Waals surface area (Å²) in [6.45, 7) is 0. The van der Waals surface area contributed by atoms with Gasteiger partial charge in [0, 0.05) is 18.3 Å². The van der Waals surface area contributed by atoms with E-state index in [1.807, 2.05) is 0 Å². The molecule has 10 heavy (non-hydrogen) atoms. The van der Waals surface area contributed by atoms with E-state index in [-0.39, 0.29) is 11.5 Å². The first-order valence-electron chi connectivity index (χ1n) is 2.54. The molecule has 3 N–H and O–H groups in total. The molecule has 0 aliphatic carbocycles. The van der Waals surface area contributed by atoms with E-state index in [0.29, 0.717) is 0 Å². The predicted molar refractivity (Wildman–Crippen MR) is 33.3 cm³/mol. The number of nitrogens with zero attached hydrogens (tertiary/aromatic N) is 2. The van der Waals surface area contributed by atoms with Gasteiger partial charge in [-0.3, -0.25) is 4.98 Å². The number of nitrogen functional groups attached to an aromatic ring is 1. The summed E-state index contributed by atoms with van der Waals surface area (Å²) < 4.78 is 0. The van der Waals surface area contributed by atoms with Crippen molar-refractivity contribution in [2.75, 3.05) is 5.73 Å². The SMILES string of the molecule is N=C([O-])c1nccnc1N. The maximum absolute atomic E-state index is 10.4. The van der Waals surface area contributed by atoms with Crippen molar-refractivity contribution in [3.63, 3.8) is 0 Å². The number of hydrogen-bond donors (Lipinski definition) is 2. The molecule has 52 valence electrons. The quantitative estimate of drug-likeness (QED) is 0.373. The van der Waals surface area contributed by atoms with Crippen LogP contribution in [-0.4, -0.2) is 15.9 Å². The molecule has 0 unspecified atom stereocenters. The molecule has 0 fully saturated rings. The smallest absolute Gasteiger partial charge is 0.150 e. The van der Waals surface area contributed by atoms with Crippen molar-refractivity contribution in [2.45, 2.75) is 0 Å². The first-order valence-corrected chi connectivity index (χ1v) is 2.54. The van der Waals surface area contributed by atoms with E-state index in [9.17, 15) is 5.11 Å². The Morgan fingerprint density at radius 1 is 1.50 bits per heavy atom. The normalized spacial score (nSPS) is 9.20. The van der Waals surface area contributed by atoms with E-state index >= 15 is 0 Å². The van der Waals surface area contributed by atoms with Crippen molar-refractivity contribution < 1.29 is 5.11 Å². The number of anilines is 1. The van der Waals surface area contributed by atoms with Crippen molar-refractivity contribution in [1.82, 2.24) is 9.97 Å². The van der Waals surface area contributed by atoms with Gasteiger partial charge < -0.3 is 16.2 Å². The fraction of sp³-hybridized carbons (Fsp3) is 0. The molecule has 0 spiro atoms. The molecule has 0 aliphatic heterocycles. The first-order chi connectivity index (χ1) is 4.72. The zero-order valence-electron chi connectivity index (χ0n) is 5.03. The Morgan fingerprint density at radius 3 is 2.50 bits per heavy atom. The van der Waals surface area contributed by atoms with Crippen molar-refractivity contribution in [3.8, 4) is 0 Å². The lowest BCUT2D eigenvalue weighted by Crippen LogP contribution is -2.20. The summed E-state index contributed by atoms with van der Waals surface area (Å²) >= 11 is 0. The summed E-state index contributed by atoms with van der Waals surface area (Å²) in [6.07, 6.45) is 2.68. The summed E-state index contributed by atoms with van der Waals surface area (Å²) in [5.41, 5.74) is 5.11. The molecule has 0 saturated carbocycles. The third kappa shape index (κ3) is 1.02. The van der Waals surface area contributed by atoms with Crippen LogP contribution in [0, 0.1) is 5.41 Å². The molecule has 0 aromatic carbocycles. The summed E-state index contributed by atoms with van der Waals surface area (Å²) in [5.74, 6) is -0.909. The van der Waals surface area contributed by atoms with Crippen LogP contribution in [0.15, 0.2) is 12.4 Å². The van der Waals surface area contributed by atoms with Gasteiger partial charge in [-0.05, 0) is 0 Å². The lowest BCUT2D eigenvalue weighted by molar-refractivity contribution is -0.214. The monoisotopic (exact) mass is 137 g/mol. The fourth-order valence-electron chi connectivity index (χ4n) is 0.524. The second-order valence-corrected chi connectivity index (χ2v) is 1.62. The minimum atomic E-state index is -0.911. The zero-order chi connectivity index (χ0) is 7.56. The maximum Gasteiger partial charge on any atom is 0.150 e. The molecule has 0 bridgehead atoms. The topological polar surface area (TPSA) is 98.7 Å². The molecule has 1 rings (SSSR count). The van der Waals surface area contributed by atoms with Crippen molar-refractivity contribution >= 4 is 11.7 Å². The molecule has 5 heteroatoms. The largest absolute Gasteiger partial charge is 0.858 e. The Labute approximate surface area is 57.1 Å². The minimum absolute atomic E-state index is 0.00231. The second kappa shape index (κ2) is 2.30. The number of rotatable bonds is 1. The summed E-state index contributed by atoms with van der Waals surface area (Å²) in [4.78, 5) is 7.13. The standard InChI is InChI=1S/C5H6N4O/c6-4-3(5(7)10)8-1-2-9-4/h1-2H,(H2,6,9)(H2,7,10)/p-1. The third-order valence-electron chi connectivity index (χ3n) is 0.942. The second-order valence-electron chi connectivity index (χ2n) is 1.62. The third-order valence-corrected chi connectivity index (χ3v) is 0.942. The molecule has 0 amide bonds. The zero-order valence-corrected chi connectivity index (χ0v) is 5.03. The number of nitrogens with two attached hydrogens (primary N) is 1. The molecule has 1 aromatic rings. The van der Waals surface area contributed by atoms with Gasteiger partial charge in [0.25, 0.3) is 0 Å². The van der Waals surface area contributed by atoms with Gasteiger partial charge in [-0.25, -0.2) is 4.98 Å². The van der Waals surface area contributed by atoms with E-state index < -0.39 is 5.90 Å². The Kier molecular flexibility index (Phi) is 1.49. The van der Waals surface area contributed by atoms with Crippen molar-refractivity contribution in [3.05, 3.63) is 18.1 Å². The van der Waals surface area contributed by atoms with Gasteiger partial charge >= 0.3 is 0 Å². The Bertz CT molecular complexity index is 260. The highest BCUT2D eigenvalue weighted by atomic mass is 16.3. The fourth-order valence-corrected chi connectivity index (χ4v) is 0.524. The van der Waals surface area contributed by atoms with Gasteiger partial charge in [0.2, 0.25) is 0 Å². The summed E-state index contributed by atoms with van der Waals surface area (Å²) in [7, 11) is 0. The molecular formula is C5H5N4O-. The van der Waals surface area contributed by atoms with Crippen molar-refractivity contribution in [1.29, 1.82) is 5.41 Å². The predicted octanol–water partition coefficient (Wildman–Crippen LogP) is -1.26. The molecule has 0 atom stereocenters. The van der Waals surface area contributed by atoms with Crippen LogP contribution in [-0.2, 0) is 0 Å². The van der Waals surface area contributed by atoms with Crippen LogP contribution >= 0.6 is 0 Å². The van der Waals surface area contributed by atoms with Crippen LogP contribution in [0.5, 0.6) is 0 Å². The molecule has 1 heterocycles. The Balaban J connectivity index is 3.15. The van der Waals surface area contributed by atoms with Gasteiger partial charge in [0.15, 0.2) is 0 Å². The lowest BCUT2D eigenvalue weighted by Gasteiger charge is -2.06. The van der Waals surface area contributed by atoms with Gasteiger partial charge in [-0.15, -0.1) is 0 Å². The molecule has 5 nitrogen and oxygen atoms in total. The molecular weight excluding hydrogens is 132 g/mol. The van der Waals surface area contributed by atoms with Crippen LogP contribution < -0.4 is 10.8 Å². The average Bonchev–Trinajstić information content (AvgIpc) is 1.88. The lowest BCUT2D eigenvalue weighted by atomic mass is 10.4. The van der Waals surface area contributed by atoms with E-state index in [0.717, 1.165) is 0 Å². The van der Waals surface area contributed by atoms with Crippen LogP contribution in [0.3, 0.4) is 0 Å². The van der Waals surface area contributed by atoms with E-state index in [4.69, 9.17) is 11.1 Å². The number of aromatic nitrogens is 2. The van der Waals surface area contributed by atoms with E-state index in [2.05, 4.69) is 9.97 Å². The van der Waals surface area contributed by atoms with Crippen LogP contribution in [0.4, 0.5) is 5.82 Å².